The third-order valence-electron chi connectivity index (χ3n) is 2.91. The molecule has 0 radical (unpaired) electrons. The smallest absolute Gasteiger partial charge is 0.251 e. The average molecular weight is 256 g/mol. The molecule has 1 aromatic carbocycles. The predicted molar refractivity (Wildman–Crippen MR) is 74.0 cm³/mol. The molecule has 0 aliphatic carbocycles. The van der Waals surface area contributed by atoms with Crippen molar-refractivity contribution >= 4 is 5.91 Å². The number of hydrogen-bond acceptors (Lipinski definition) is 2. The molecule has 1 N–H and O–H groups in total. The average Bonchev–Trinajstić information content (AvgIpc) is 2.40. The second-order valence-electron chi connectivity index (χ2n) is 4.54. The van der Waals surface area contributed by atoms with Crippen LogP contribution in [0.15, 0.2) is 47.4 Å². The number of nitrogens with one attached hydrogen (secondary N) is 1. The molecule has 0 fully saturated rings. The van der Waals surface area contributed by atoms with E-state index in [0.717, 1.165) is 11.1 Å². The number of amides is 1. The maximum absolute atomic E-state index is 11.9. The molecule has 4 nitrogen and oxygen atoms in total. The van der Waals surface area contributed by atoms with E-state index in [9.17, 15) is 9.59 Å². The molecule has 19 heavy (non-hydrogen) atoms. The lowest BCUT2D eigenvalue weighted by atomic mass is 10.1. The molecule has 0 bridgehead atoms. The van der Waals surface area contributed by atoms with Crippen molar-refractivity contribution in [3.05, 3.63) is 69.6 Å². The van der Waals surface area contributed by atoms with E-state index in [1.165, 1.54) is 10.6 Å². The Hall–Kier alpha value is -2.36. The molecule has 0 spiro atoms. The van der Waals surface area contributed by atoms with Crippen LogP contribution >= 0.6 is 0 Å². The number of hydrogen-bond donors (Lipinski definition) is 1. The number of carbonyl (C=O) groups excluding carboxylic acids is 1. The first-order chi connectivity index (χ1) is 9.06. The topological polar surface area (TPSA) is 51.1 Å². The van der Waals surface area contributed by atoms with Gasteiger partial charge in [-0.2, -0.15) is 0 Å². The lowest BCUT2D eigenvalue weighted by Gasteiger charge is -2.06. The van der Waals surface area contributed by atoms with E-state index in [-0.39, 0.29) is 11.5 Å². The summed E-state index contributed by atoms with van der Waals surface area (Å²) >= 11 is 0. The standard InChI is InChI=1S/C15H16N2O2/c1-11-3-6-13(7-4-11)15(19)16-9-12-5-8-14(18)17(2)10-12/h3-8,10H,9H2,1-2H3,(H,16,19). The Morgan fingerprint density at radius 1 is 1.16 bits per heavy atom. The minimum atomic E-state index is -0.117. The fourth-order valence-electron chi connectivity index (χ4n) is 1.75. The molecule has 2 rings (SSSR count). The Kier molecular flexibility index (Phi) is 3.80. The van der Waals surface area contributed by atoms with Gasteiger partial charge in [0.1, 0.15) is 0 Å². The van der Waals surface area contributed by atoms with Gasteiger partial charge in [-0.15, -0.1) is 0 Å². The van der Waals surface area contributed by atoms with Crippen LogP contribution in [0.1, 0.15) is 21.5 Å². The number of carbonyl (C=O) groups is 1. The van der Waals surface area contributed by atoms with E-state index >= 15 is 0 Å². The number of aromatic nitrogens is 1. The van der Waals surface area contributed by atoms with Crippen molar-refractivity contribution in [3.63, 3.8) is 0 Å². The number of rotatable bonds is 3. The Balaban J connectivity index is 2.02. The summed E-state index contributed by atoms with van der Waals surface area (Å²) < 4.78 is 1.49. The number of pyridine rings is 1. The third kappa shape index (κ3) is 3.31. The number of benzene rings is 1. The predicted octanol–water partition coefficient (Wildman–Crippen LogP) is 1.62. The Bertz CT molecular complexity index is 642. The fraction of sp³-hybridized carbons (Fsp3) is 0.200. The maximum Gasteiger partial charge on any atom is 0.251 e. The summed E-state index contributed by atoms with van der Waals surface area (Å²) in [5.74, 6) is -0.117. The summed E-state index contributed by atoms with van der Waals surface area (Å²) in [6.45, 7) is 2.38. The summed E-state index contributed by atoms with van der Waals surface area (Å²) in [4.78, 5) is 23.1. The summed E-state index contributed by atoms with van der Waals surface area (Å²) in [7, 11) is 1.69. The molecule has 0 aliphatic heterocycles. The van der Waals surface area contributed by atoms with E-state index in [2.05, 4.69) is 5.32 Å². The molecular formula is C15H16N2O2. The second kappa shape index (κ2) is 5.52. The molecule has 2 aromatic rings. The highest BCUT2D eigenvalue weighted by atomic mass is 16.1. The lowest BCUT2D eigenvalue weighted by Crippen LogP contribution is -2.24. The van der Waals surface area contributed by atoms with Gasteiger partial charge in [0.15, 0.2) is 0 Å². The first kappa shape index (κ1) is 13.1. The van der Waals surface area contributed by atoms with Crippen molar-refractivity contribution in [2.24, 2.45) is 7.05 Å². The molecule has 1 heterocycles. The zero-order valence-electron chi connectivity index (χ0n) is 11.0. The van der Waals surface area contributed by atoms with Gasteiger partial charge in [-0.3, -0.25) is 9.59 Å². The van der Waals surface area contributed by atoms with Crippen molar-refractivity contribution in [3.8, 4) is 0 Å². The van der Waals surface area contributed by atoms with Gasteiger partial charge in [-0.1, -0.05) is 23.8 Å². The van der Waals surface area contributed by atoms with E-state index < -0.39 is 0 Å². The van der Waals surface area contributed by atoms with Crippen LogP contribution in [0.5, 0.6) is 0 Å². The lowest BCUT2D eigenvalue weighted by molar-refractivity contribution is 0.0951. The van der Waals surface area contributed by atoms with Gasteiger partial charge in [0.05, 0.1) is 0 Å². The van der Waals surface area contributed by atoms with Crippen LogP contribution in [0, 0.1) is 6.92 Å². The van der Waals surface area contributed by atoms with Crippen molar-refractivity contribution in [1.82, 2.24) is 9.88 Å². The third-order valence-corrected chi connectivity index (χ3v) is 2.91. The minimum absolute atomic E-state index is 0.0615. The zero-order chi connectivity index (χ0) is 13.8. The molecule has 0 saturated heterocycles. The van der Waals surface area contributed by atoms with Crippen LogP contribution in [0.25, 0.3) is 0 Å². The Morgan fingerprint density at radius 2 is 1.84 bits per heavy atom. The van der Waals surface area contributed by atoms with E-state index in [4.69, 9.17) is 0 Å². The maximum atomic E-state index is 11.9. The van der Waals surface area contributed by atoms with Crippen LogP contribution in [0.2, 0.25) is 0 Å². The van der Waals surface area contributed by atoms with Crippen LogP contribution < -0.4 is 10.9 Å². The van der Waals surface area contributed by atoms with Gasteiger partial charge in [0, 0.05) is 31.4 Å². The quantitative estimate of drug-likeness (QED) is 0.907. The summed E-state index contributed by atoms with van der Waals surface area (Å²) in [6.07, 6.45) is 1.72. The van der Waals surface area contributed by atoms with Crippen molar-refractivity contribution < 1.29 is 4.79 Å². The summed E-state index contributed by atoms with van der Waals surface area (Å²) in [5, 5.41) is 2.83. The normalized spacial score (nSPS) is 10.2. The monoisotopic (exact) mass is 256 g/mol. The van der Waals surface area contributed by atoms with E-state index in [1.807, 2.05) is 19.1 Å². The van der Waals surface area contributed by atoms with Gasteiger partial charge in [-0.05, 0) is 24.6 Å². The molecule has 1 aromatic heterocycles. The highest BCUT2D eigenvalue weighted by molar-refractivity contribution is 5.94. The molecule has 4 heteroatoms. The highest BCUT2D eigenvalue weighted by Gasteiger charge is 2.04. The van der Waals surface area contributed by atoms with E-state index in [1.54, 1.807) is 31.4 Å². The molecule has 0 atom stereocenters. The number of nitrogens with zero attached hydrogens (tertiary/aromatic N) is 1. The fourth-order valence-corrected chi connectivity index (χ4v) is 1.75. The van der Waals surface area contributed by atoms with Gasteiger partial charge in [0.2, 0.25) is 5.56 Å². The van der Waals surface area contributed by atoms with Crippen LogP contribution in [0.4, 0.5) is 0 Å². The van der Waals surface area contributed by atoms with Gasteiger partial charge in [-0.25, -0.2) is 0 Å². The van der Waals surface area contributed by atoms with Crippen molar-refractivity contribution in [2.45, 2.75) is 13.5 Å². The summed E-state index contributed by atoms with van der Waals surface area (Å²) in [6, 6.07) is 10.6. The molecule has 1 amide bonds. The SMILES string of the molecule is Cc1ccc(C(=O)NCc2ccc(=O)n(C)c2)cc1. The molecule has 98 valence electrons. The first-order valence-electron chi connectivity index (χ1n) is 6.07. The first-order valence-corrected chi connectivity index (χ1v) is 6.07. The molecule has 0 saturated carbocycles. The van der Waals surface area contributed by atoms with Gasteiger partial charge < -0.3 is 9.88 Å². The van der Waals surface area contributed by atoms with Crippen LogP contribution in [0.3, 0.4) is 0 Å². The minimum Gasteiger partial charge on any atom is -0.348 e. The van der Waals surface area contributed by atoms with Crippen molar-refractivity contribution in [1.29, 1.82) is 0 Å². The Morgan fingerprint density at radius 3 is 2.47 bits per heavy atom. The molecule has 0 aliphatic rings. The van der Waals surface area contributed by atoms with E-state index in [0.29, 0.717) is 12.1 Å². The van der Waals surface area contributed by atoms with Gasteiger partial charge >= 0.3 is 0 Å². The molecular weight excluding hydrogens is 240 g/mol. The second-order valence-corrected chi connectivity index (χ2v) is 4.54. The van der Waals surface area contributed by atoms with Crippen LogP contribution in [-0.2, 0) is 13.6 Å². The molecule has 0 unspecified atom stereocenters. The summed E-state index contributed by atoms with van der Waals surface area (Å²) in [5.41, 5.74) is 2.58. The zero-order valence-corrected chi connectivity index (χ0v) is 11.0. The van der Waals surface area contributed by atoms with Crippen LogP contribution in [-0.4, -0.2) is 10.5 Å². The largest absolute Gasteiger partial charge is 0.348 e. The Labute approximate surface area is 111 Å². The van der Waals surface area contributed by atoms with Gasteiger partial charge in [0.25, 0.3) is 5.91 Å². The highest BCUT2D eigenvalue weighted by Crippen LogP contribution is 2.03. The van der Waals surface area contributed by atoms with Crippen molar-refractivity contribution in [2.75, 3.05) is 0 Å². The number of aryl methyl sites for hydroxylation is 2.